The summed E-state index contributed by atoms with van der Waals surface area (Å²) in [7, 11) is 0. The lowest BCUT2D eigenvalue weighted by Crippen LogP contribution is -2.10. The van der Waals surface area contributed by atoms with E-state index in [2.05, 4.69) is 19.2 Å². The molecule has 0 atom stereocenters. The van der Waals surface area contributed by atoms with Crippen LogP contribution in [0.4, 0.5) is 11.4 Å². The minimum atomic E-state index is -0.446. The smallest absolute Gasteiger partial charge is 0.314 e. The highest BCUT2D eigenvalue weighted by Crippen LogP contribution is 2.38. The summed E-state index contributed by atoms with van der Waals surface area (Å²) in [5.41, 5.74) is 0.285. The zero-order chi connectivity index (χ0) is 28.6. The maximum absolute atomic E-state index is 11.8. The number of carbonyl (C=O) groups is 1. The molecule has 0 bridgehead atoms. The molecule has 0 unspecified atom stereocenters. The van der Waals surface area contributed by atoms with Gasteiger partial charge in [0.25, 0.3) is 0 Å². The number of hydrogen-bond donors (Lipinski definition) is 1. The van der Waals surface area contributed by atoms with Gasteiger partial charge in [0.15, 0.2) is 5.75 Å². The normalized spacial score (nSPS) is 10.9. The summed E-state index contributed by atoms with van der Waals surface area (Å²) in [6.45, 7) is 6.76. The van der Waals surface area contributed by atoms with Gasteiger partial charge in [-0.2, -0.15) is 0 Å². The molecule has 0 saturated carbocycles. The molecule has 224 valence electrons. The van der Waals surface area contributed by atoms with Gasteiger partial charge < -0.3 is 14.8 Å². The van der Waals surface area contributed by atoms with E-state index in [0.29, 0.717) is 24.7 Å². The number of benzene rings is 1. The van der Waals surface area contributed by atoms with Crippen LogP contribution in [0, 0.1) is 10.1 Å². The van der Waals surface area contributed by atoms with Crippen LogP contribution in [0.5, 0.6) is 11.5 Å². The van der Waals surface area contributed by atoms with Gasteiger partial charge in [-0.3, -0.25) is 14.9 Å². The van der Waals surface area contributed by atoms with Crippen LogP contribution in [0.1, 0.15) is 149 Å². The van der Waals surface area contributed by atoms with Crippen molar-refractivity contribution in [3.8, 4) is 11.5 Å². The second-order valence-corrected chi connectivity index (χ2v) is 10.8. The molecule has 0 aliphatic rings. The number of unbranched alkanes of at least 4 members (excludes halogenated alkanes) is 18. The van der Waals surface area contributed by atoms with Gasteiger partial charge in [0.05, 0.1) is 29.9 Å². The van der Waals surface area contributed by atoms with Gasteiger partial charge in [0.1, 0.15) is 5.75 Å². The molecule has 39 heavy (non-hydrogen) atoms. The van der Waals surface area contributed by atoms with Crippen LogP contribution in [0.2, 0.25) is 0 Å². The highest BCUT2D eigenvalue weighted by molar-refractivity contribution is 5.91. The van der Waals surface area contributed by atoms with E-state index >= 15 is 0 Å². The van der Waals surface area contributed by atoms with Crippen molar-refractivity contribution in [1.29, 1.82) is 0 Å². The lowest BCUT2D eigenvalue weighted by molar-refractivity contribution is -0.385. The van der Waals surface area contributed by atoms with Gasteiger partial charge in [-0.1, -0.05) is 129 Å². The molecular weight excluding hydrogens is 492 g/mol. The van der Waals surface area contributed by atoms with Crippen LogP contribution in [0.3, 0.4) is 0 Å². The molecule has 1 aromatic rings. The van der Waals surface area contributed by atoms with Crippen LogP contribution in [-0.2, 0) is 4.79 Å². The molecule has 7 heteroatoms. The number of nitro groups is 1. The van der Waals surface area contributed by atoms with Crippen molar-refractivity contribution in [1.82, 2.24) is 0 Å². The minimum absolute atomic E-state index is 0.130. The van der Waals surface area contributed by atoms with Crippen molar-refractivity contribution in [2.24, 2.45) is 0 Å². The van der Waals surface area contributed by atoms with Crippen molar-refractivity contribution < 1.29 is 19.2 Å². The van der Waals surface area contributed by atoms with Gasteiger partial charge in [-0.05, 0) is 12.8 Å². The molecule has 7 nitrogen and oxygen atoms in total. The second kappa shape index (κ2) is 23.6. The van der Waals surface area contributed by atoms with E-state index in [-0.39, 0.29) is 17.3 Å². The van der Waals surface area contributed by atoms with Crippen LogP contribution < -0.4 is 14.8 Å². The predicted octanol–water partition coefficient (Wildman–Crippen LogP) is 10.2. The Hall–Kier alpha value is -2.31. The largest absolute Gasteiger partial charge is 0.491 e. The van der Waals surface area contributed by atoms with Crippen molar-refractivity contribution in [3.05, 3.63) is 22.2 Å². The van der Waals surface area contributed by atoms with Crippen LogP contribution >= 0.6 is 0 Å². The van der Waals surface area contributed by atoms with Gasteiger partial charge in [0.2, 0.25) is 5.91 Å². The Labute approximate surface area is 238 Å². The Bertz CT molecular complexity index is 784. The first kappa shape index (κ1) is 34.7. The number of anilines is 1. The van der Waals surface area contributed by atoms with Crippen molar-refractivity contribution in [3.63, 3.8) is 0 Å². The average Bonchev–Trinajstić information content (AvgIpc) is 2.90. The van der Waals surface area contributed by atoms with Gasteiger partial charge in [0, 0.05) is 13.0 Å². The number of rotatable bonds is 26. The number of amides is 1. The highest BCUT2D eigenvalue weighted by Gasteiger charge is 2.21. The Morgan fingerprint density at radius 2 is 1.05 bits per heavy atom. The Morgan fingerprint density at radius 3 is 1.44 bits per heavy atom. The first-order chi connectivity index (χ1) is 19.0. The molecule has 1 N–H and O–H groups in total. The number of nitrogens with zero attached hydrogens (tertiary/aromatic N) is 1. The van der Waals surface area contributed by atoms with E-state index in [1.54, 1.807) is 0 Å². The highest BCUT2D eigenvalue weighted by atomic mass is 16.6. The molecule has 0 aliphatic heterocycles. The minimum Gasteiger partial charge on any atom is -0.491 e. The summed E-state index contributed by atoms with van der Waals surface area (Å²) in [5, 5.41) is 14.5. The lowest BCUT2D eigenvalue weighted by atomic mass is 10.1. The topological polar surface area (TPSA) is 90.7 Å². The fraction of sp³-hybridized carbons (Fsp3) is 0.781. The van der Waals surface area contributed by atoms with Crippen molar-refractivity contribution in [2.75, 3.05) is 18.5 Å². The zero-order valence-corrected chi connectivity index (χ0v) is 25.2. The van der Waals surface area contributed by atoms with E-state index in [4.69, 9.17) is 9.47 Å². The summed E-state index contributed by atoms with van der Waals surface area (Å²) in [4.78, 5) is 23.1. The van der Waals surface area contributed by atoms with E-state index in [1.165, 1.54) is 115 Å². The van der Waals surface area contributed by atoms with Crippen LogP contribution in [0.15, 0.2) is 12.1 Å². The third-order valence-corrected chi connectivity index (χ3v) is 7.08. The maximum Gasteiger partial charge on any atom is 0.314 e. The standard InChI is InChI=1S/C32H56N2O5/c1-4-6-8-10-12-14-16-18-20-22-24-38-31-27-30(34(36)37)32(26-29(31)33-28(3)35)39-25-23-21-19-17-15-13-11-9-7-5-2/h26-27H,4-25H2,1-3H3,(H,33,35). The van der Waals surface area contributed by atoms with Crippen LogP contribution in [-0.4, -0.2) is 24.0 Å². The van der Waals surface area contributed by atoms with Gasteiger partial charge >= 0.3 is 5.69 Å². The Kier molecular flexibility index (Phi) is 21.0. The van der Waals surface area contributed by atoms with Crippen molar-refractivity contribution >= 4 is 17.3 Å². The lowest BCUT2D eigenvalue weighted by Gasteiger charge is -2.15. The molecule has 1 rings (SSSR count). The van der Waals surface area contributed by atoms with Gasteiger partial charge in [-0.15, -0.1) is 0 Å². The van der Waals surface area contributed by atoms with E-state index in [1.807, 2.05) is 0 Å². The fourth-order valence-corrected chi connectivity index (χ4v) is 4.76. The predicted molar refractivity (Wildman–Crippen MR) is 162 cm³/mol. The molecular formula is C32H56N2O5. The van der Waals surface area contributed by atoms with Crippen molar-refractivity contribution in [2.45, 2.75) is 149 Å². The molecule has 0 saturated heterocycles. The molecule has 1 amide bonds. The number of carbonyl (C=O) groups excluding carboxylic acids is 1. The third kappa shape index (κ3) is 17.8. The summed E-state index contributed by atoms with van der Waals surface area (Å²) < 4.78 is 11.7. The van der Waals surface area contributed by atoms with E-state index in [9.17, 15) is 14.9 Å². The molecule has 0 heterocycles. The molecule has 0 aliphatic carbocycles. The molecule has 0 aromatic heterocycles. The maximum atomic E-state index is 11.8. The Balaban J connectivity index is 2.46. The zero-order valence-electron chi connectivity index (χ0n) is 25.2. The third-order valence-electron chi connectivity index (χ3n) is 7.08. The number of nitrogens with one attached hydrogen (secondary N) is 1. The summed E-state index contributed by atoms with van der Waals surface area (Å²) >= 11 is 0. The number of ether oxygens (including phenoxy) is 2. The van der Waals surface area contributed by atoms with Gasteiger partial charge in [-0.25, -0.2) is 0 Å². The quantitative estimate of drug-likeness (QED) is 0.0706. The van der Waals surface area contributed by atoms with Crippen LogP contribution in [0.25, 0.3) is 0 Å². The summed E-state index contributed by atoms with van der Waals surface area (Å²) in [6, 6.07) is 2.92. The Morgan fingerprint density at radius 1 is 0.667 bits per heavy atom. The summed E-state index contributed by atoms with van der Waals surface area (Å²) in [6.07, 6.45) is 24.4. The molecule has 0 fully saturated rings. The monoisotopic (exact) mass is 548 g/mol. The second-order valence-electron chi connectivity index (χ2n) is 10.8. The first-order valence-electron chi connectivity index (χ1n) is 15.8. The van der Waals surface area contributed by atoms with E-state index in [0.717, 1.165) is 32.1 Å². The summed E-state index contributed by atoms with van der Waals surface area (Å²) in [5.74, 6) is 0.235. The first-order valence-corrected chi connectivity index (χ1v) is 15.8. The average molecular weight is 549 g/mol. The number of hydrogen-bond acceptors (Lipinski definition) is 5. The molecule has 0 radical (unpaired) electrons. The molecule has 0 spiro atoms. The fourth-order valence-electron chi connectivity index (χ4n) is 4.76. The number of nitro benzene ring substituents is 1. The SMILES string of the molecule is CCCCCCCCCCCCOc1cc([N+](=O)[O-])c(OCCCCCCCCCCCC)cc1NC(C)=O. The van der Waals surface area contributed by atoms with E-state index < -0.39 is 4.92 Å². The molecule has 1 aromatic carbocycles.